The lowest BCUT2D eigenvalue weighted by Gasteiger charge is -2.23. The SMILES string of the molecule is C=C/C(O)=C\C=C\C1CCC(C)CC1. The minimum absolute atomic E-state index is 0.241. The molecule has 1 aliphatic carbocycles. The van der Waals surface area contributed by atoms with E-state index in [2.05, 4.69) is 19.6 Å². The van der Waals surface area contributed by atoms with Crippen molar-refractivity contribution in [3.8, 4) is 0 Å². The van der Waals surface area contributed by atoms with Crippen molar-refractivity contribution in [3.05, 3.63) is 36.6 Å². The van der Waals surface area contributed by atoms with Crippen molar-refractivity contribution in [2.45, 2.75) is 32.6 Å². The second kappa shape index (κ2) is 5.69. The second-order valence-corrected chi connectivity index (χ2v) is 4.20. The molecule has 1 N–H and O–H groups in total. The molecule has 1 aliphatic rings. The van der Waals surface area contributed by atoms with E-state index in [4.69, 9.17) is 5.11 Å². The normalized spacial score (nSPS) is 29.4. The van der Waals surface area contributed by atoms with E-state index < -0.39 is 0 Å². The van der Waals surface area contributed by atoms with Gasteiger partial charge in [-0.15, -0.1) is 0 Å². The minimum Gasteiger partial charge on any atom is -0.508 e. The van der Waals surface area contributed by atoms with Crippen LogP contribution in [0.25, 0.3) is 0 Å². The molecule has 0 atom stereocenters. The first-order valence-corrected chi connectivity index (χ1v) is 5.42. The number of aliphatic hydroxyl groups excluding tert-OH is 1. The third kappa shape index (κ3) is 3.82. The molecule has 0 aromatic carbocycles. The van der Waals surface area contributed by atoms with Gasteiger partial charge in [0.05, 0.1) is 0 Å². The van der Waals surface area contributed by atoms with E-state index in [-0.39, 0.29) is 5.76 Å². The van der Waals surface area contributed by atoms with Crippen molar-refractivity contribution in [2.24, 2.45) is 11.8 Å². The Bertz CT molecular complexity index is 230. The Morgan fingerprint density at radius 1 is 1.29 bits per heavy atom. The van der Waals surface area contributed by atoms with E-state index in [0.29, 0.717) is 5.92 Å². The van der Waals surface area contributed by atoms with E-state index in [1.165, 1.54) is 31.8 Å². The maximum Gasteiger partial charge on any atom is 0.114 e. The molecular weight excluding hydrogens is 172 g/mol. The van der Waals surface area contributed by atoms with E-state index in [0.717, 1.165) is 5.92 Å². The summed E-state index contributed by atoms with van der Waals surface area (Å²) in [6, 6.07) is 0. The Kier molecular flexibility index (Phi) is 4.51. The zero-order valence-electron chi connectivity index (χ0n) is 8.95. The third-order valence-electron chi connectivity index (χ3n) is 2.92. The van der Waals surface area contributed by atoms with Gasteiger partial charge in [-0.05, 0) is 36.8 Å². The lowest BCUT2D eigenvalue weighted by molar-refractivity contribution is 0.330. The first kappa shape index (κ1) is 11.1. The van der Waals surface area contributed by atoms with Crippen molar-refractivity contribution in [2.75, 3.05) is 0 Å². The van der Waals surface area contributed by atoms with Crippen LogP contribution in [0.1, 0.15) is 32.6 Å². The van der Waals surface area contributed by atoms with E-state index >= 15 is 0 Å². The fourth-order valence-corrected chi connectivity index (χ4v) is 1.86. The number of hydrogen-bond donors (Lipinski definition) is 1. The fourth-order valence-electron chi connectivity index (χ4n) is 1.86. The molecule has 1 saturated carbocycles. The molecule has 1 heteroatoms. The van der Waals surface area contributed by atoms with Crippen LogP contribution in [-0.4, -0.2) is 5.11 Å². The predicted octanol–water partition coefficient (Wildman–Crippen LogP) is 4.00. The molecule has 0 bridgehead atoms. The highest BCUT2D eigenvalue weighted by Crippen LogP contribution is 2.28. The fraction of sp³-hybridized carbons (Fsp3) is 0.538. The van der Waals surface area contributed by atoms with Crippen LogP contribution in [0.4, 0.5) is 0 Å². The molecule has 78 valence electrons. The summed E-state index contributed by atoms with van der Waals surface area (Å²) in [6.45, 7) is 5.81. The lowest BCUT2D eigenvalue weighted by atomic mass is 9.83. The molecular formula is C13H20O. The zero-order valence-corrected chi connectivity index (χ0v) is 8.95. The Balaban J connectivity index is 2.34. The van der Waals surface area contributed by atoms with Crippen LogP contribution in [0, 0.1) is 11.8 Å². The molecule has 0 aromatic rings. The van der Waals surface area contributed by atoms with Gasteiger partial charge >= 0.3 is 0 Å². The summed E-state index contributed by atoms with van der Waals surface area (Å²) in [4.78, 5) is 0. The topological polar surface area (TPSA) is 20.2 Å². The number of aliphatic hydroxyl groups is 1. The molecule has 1 fully saturated rings. The van der Waals surface area contributed by atoms with Crippen molar-refractivity contribution in [1.82, 2.24) is 0 Å². The van der Waals surface area contributed by atoms with Crippen LogP contribution in [0.3, 0.4) is 0 Å². The standard InChI is InChI=1S/C13H20O/c1-3-13(14)6-4-5-12-9-7-11(2)8-10-12/h3-6,11-12,14H,1,7-10H2,2H3/b5-4+,13-6+. The van der Waals surface area contributed by atoms with Gasteiger partial charge in [0.25, 0.3) is 0 Å². The quantitative estimate of drug-likeness (QED) is 0.529. The largest absolute Gasteiger partial charge is 0.508 e. The maximum atomic E-state index is 9.12. The van der Waals surface area contributed by atoms with Crippen LogP contribution in [0.15, 0.2) is 36.6 Å². The van der Waals surface area contributed by atoms with E-state index in [1.807, 2.05) is 6.08 Å². The van der Waals surface area contributed by atoms with Gasteiger partial charge in [-0.2, -0.15) is 0 Å². The highest BCUT2D eigenvalue weighted by atomic mass is 16.3. The average Bonchev–Trinajstić information content (AvgIpc) is 2.21. The van der Waals surface area contributed by atoms with Crippen LogP contribution >= 0.6 is 0 Å². The Morgan fingerprint density at radius 2 is 1.93 bits per heavy atom. The summed E-state index contributed by atoms with van der Waals surface area (Å²) < 4.78 is 0. The van der Waals surface area contributed by atoms with Crippen LogP contribution in [0.5, 0.6) is 0 Å². The zero-order chi connectivity index (χ0) is 10.4. The lowest BCUT2D eigenvalue weighted by Crippen LogP contribution is -2.09. The third-order valence-corrected chi connectivity index (χ3v) is 2.92. The molecule has 1 nitrogen and oxygen atoms in total. The summed E-state index contributed by atoms with van der Waals surface area (Å²) in [5, 5.41) is 9.12. The maximum absolute atomic E-state index is 9.12. The molecule has 0 saturated heterocycles. The molecule has 0 amide bonds. The first-order valence-electron chi connectivity index (χ1n) is 5.42. The van der Waals surface area contributed by atoms with Gasteiger partial charge in [-0.1, -0.05) is 38.5 Å². The Labute approximate surface area is 86.8 Å². The highest BCUT2D eigenvalue weighted by Gasteiger charge is 2.15. The monoisotopic (exact) mass is 192 g/mol. The summed E-state index contributed by atoms with van der Waals surface area (Å²) in [5.74, 6) is 1.85. The summed E-state index contributed by atoms with van der Waals surface area (Å²) in [7, 11) is 0. The highest BCUT2D eigenvalue weighted by molar-refractivity contribution is 5.15. The summed E-state index contributed by atoms with van der Waals surface area (Å²) in [6.07, 6.45) is 12.6. The number of allylic oxidation sites excluding steroid dienone is 4. The van der Waals surface area contributed by atoms with Crippen LogP contribution < -0.4 is 0 Å². The summed E-state index contributed by atoms with van der Waals surface area (Å²) in [5.41, 5.74) is 0. The van der Waals surface area contributed by atoms with E-state index in [1.54, 1.807) is 6.08 Å². The van der Waals surface area contributed by atoms with Crippen molar-refractivity contribution in [1.29, 1.82) is 0 Å². The van der Waals surface area contributed by atoms with Gasteiger partial charge in [-0.3, -0.25) is 0 Å². The first-order chi connectivity index (χ1) is 6.72. The predicted molar refractivity (Wildman–Crippen MR) is 61.2 cm³/mol. The van der Waals surface area contributed by atoms with Crippen LogP contribution in [0.2, 0.25) is 0 Å². The van der Waals surface area contributed by atoms with Crippen molar-refractivity contribution >= 4 is 0 Å². The van der Waals surface area contributed by atoms with Crippen molar-refractivity contribution < 1.29 is 5.11 Å². The van der Waals surface area contributed by atoms with E-state index in [9.17, 15) is 0 Å². The molecule has 0 aromatic heterocycles. The molecule has 0 radical (unpaired) electrons. The smallest absolute Gasteiger partial charge is 0.114 e. The second-order valence-electron chi connectivity index (χ2n) is 4.20. The Hall–Kier alpha value is -0.980. The van der Waals surface area contributed by atoms with Gasteiger partial charge in [0.2, 0.25) is 0 Å². The van der Waals surface area contributed by atoms with Gasteiger partial charge in [-0.25, -0.2) is 0 Å². The average molecular weight is 192 g/mol. The Morgan fingerprint density at radius 3 is 2.50 bits per heavy atom. The van der Waals surface area contributed by atoms with Crippen molar-refractivity contribution in [3.63, 3.8) is 0 Å². The van der Waals surface area contributed by atoms with Gasteiger partial charge < -0.3 is 5.11 Å². The van der Waals surface area contributed by atoms with Gasteiger partial charge in [0, 0.05) is 0 Å². The minimum atomic E-state index is 0.241. The molecule has 14 heavy (non-hydrogen) atoms. The summed E-state index contributed by atoms with van der Waals surface area (Å²) >= 11 is 0. The van der Waals surface area contributed by atoms with Crippen LogP contribution in [-0.2, 0) is 0 Å². The molecule has 0 heterocycles. The molecule has 0 aliphatic heterocycles. The number of hydrogen-bond acceptors (Lipinski definition) is 1. The molecule has 1 rings (SSSR count). The number of rotatable bonds is 3. The molecule has 0 unspecified atom stereocenters. The van der Waals surface area contributed by atoms with Gasteiger partial charge in [0.15, 0.2) is 0 Å². The van der Waals surface area contributed by atoms with Gasteiger partial charge in [0.1, 0.15) is 5.76 Å². The molecule has 0 spiro atoms.